The molecule has 0 radical (unpaired) electrons. The van der Waals surface area contributed by atoms with E-state index in [0.29, 0.717) is 22.2 Å². The Balaban J connectivity index is 1.74. The van der Waals surface area contributed by atoms with Crippen molar-refractivity contribution in [2.45, 2.75) is 13.3 Å². The summed E-state index contributed by atoms with van der Waals surface area (Å²) in [5, 5.41) is 8.52. The number of aromatic nitrogens is 2. The number of nitrogens with zero attached hydrogens (tertiary/aromatic N) is 5. The summed E-state index contributed by atoms with van der Waals surface area (Å²) in [5.41, 5.74) is 2.82. The minimum atomic E-state index is -4.73. The van der Waals surface area contributed by atoms with Crippen molar-refractivity contribution in [1.82, 2.24) is 9.36 Å². The summed E-state index contributed by atoms with van der Waals surface area (Å²) in [4.78, 5) is 8.06. The number of rotatable bonds is 5. The quantitative estimate of drug-likeness (QED) is 0.386. The van der Waals surface area contributed by atoms with Crippen molar-refractivity contribution in [2.24, 2.45) is 15.2 Å². The van der Waals surface area contributed by atoms with Crippen LogP contribution in [0.1, 0.15) is 5.56 Å². The Morgan fingerprint density at radius 1 is 1.07 bits per heavy atom. The summed E-state index contributed by atoms with van der Waals surface area (Å²) in [6.45, 7) is 5.34. The van der Waals surface area contributed by atoms with Crippen LogP contribution in [0, 0.1) is 6.92 Å². The molecule has 0 aliphatic heterocycles. The van der Waals surface area contributed by atoms with Gasteiger partial charge >= 0.3 is 6.36 Å². The molecule has 1 aromatic heterocycles. The molecule has 0 saturated carbocycles. The summed E-state index contributed by atoms with van der Waals surface area (Å²) < 4.78 is 44.5. The summed E-state index contributed by atoms with van der Waals surface area (Å²) in [7, 11) is 0. The van der Waals surface area contributed by atoms with Gasteiger partial charge in [0.2, 0.25) is 5.13 Å². The fourth-order valence-corrected chi connectivity index (χ4v) is 2.64. The third-order valence-electron chi connectivity index (χ3n) is 3.37. The lowest BCUT2D eigenvalue weighted by atomic mass is 10.2. The standard InChI is InChI=1S/C17H12F3N5OS/c1-10-9-12(21-2)5-8-14(10)23-24-16-22-15(25-27-16)11-3-6-13(7-4-11)26-17(18,19)20/h3-9H,2H2,1H3/b24-23+. The fourth-order valence-electron chi connectivity index (χ4n) is 2.13. The number of azo groups is 1. The summed E-state index contributed by atoms with van der Waals surface area (Å²) >= 11 is 1.03. The Morgan fingerprint density at radius 3 is 2.44 bits per heavy atom. The molecule has 2 aromatic carbocycles. The molecule has 0 aliphatic carbocycles. The van der Waals surface area contributed by atoms with Gasteiger partial charge in [0, 0.05) is 17.1 Å². The molecule has 138 valence electrons. The van der Waals surface area contributed by atoms with Crippen molar-refractivity contribution in [2.75, 3.05) is 0 Å². The SMILES string of the molecule is C=Nc1ccc(/N=N/c2nc(-c3ccc(OC(F)(F)F)cc3)ns2)c(C)c1. The molecule has 0 amide bonds. The van der Waals surface area contributed by atoms with Gasteiger partial charge in [-0.25, -0.2) is 0 Å². The first-order valence-corrected chi connectivity index (χ1v) is 8.30. The zero-order valence-electron chi connectivity index (χ0n) is 13.9. The van der Waals surface area contributed by atoms with E-state index in [1.165, 1.54) is 24.3 Å². The van der Waals surface area contributed by atoms with Gasteiger partial charge in [-0.1, -0.05) is 0 Å². The Kier molecular flexibility index (Phi) is 5.26. The van der Waals surface area contributed by atoms with Gasteiger partial charge in [0.25, 0.3) is 0 Å². The Bertz CT molecular complexity index is 983. The number of hydrogen-bond acceptors (Lipinski definition) is 7. The molecule has 6 nitrogen and oxygen atoms in total. The smallest absolute Gasteiger partial charge is 0.406 e. The molecule has 0 atom stereocenters. The molecule has 0 saturated heterocycles. The molecule has 0 unspecified atom stereocenters. The zero-order valence-corrected chi connectivity index (χ0v) is 14.8. The van der Waals surface area contributed by atoms with Crippen molar-refractivity contribution in [3.63, 3.8) is 0 Å². The normalized spacial score (nSPS) is 11.7. The van der Waals surface area contributed by atoms with Crippen LogP contribution in [0.2, 0.25) is 0 Å². The molecule has 3 rings (SSSR count). The fraction of sp³-hybridized carbons (Fsp3) is 0.118. The van der Waals surface area contributed by atoms with Gasteiger partial charge in [-0.05, 0) is 61.7 Å². The van der Waals surface area contributed by atoms with Crippen LogP contribution >= 0.6 is 11.5 Å². The van der Waals surface area contributed by atoms with Crippen LogP contribution in [0.25, 0.3) is 11.4 Å². The Morgan fingerprint density at radius 2 is 1.81 bits per heavy atom. The molecular formula is C17H12F3N5OS. The van der Waals surface area contributed by atoms with Crippen LogP contribution in [0.5, 0.6) is 5.75 Å². The maximum atomic E-state index is 12.2. The van der Waals surface area contributed by atoms with Crippen LogP contribution in [0.4, 0.5) is 29.7 Å². The molecular weight excluding hydrogens is 379 g/mol. The lowest BCUT2D eigenvalue weighted by Gasteiger charge is -2.08. The number of hydrogen-bond donors (Lipinski definition) is 0. The van der Waals surface area contributed by atoms with Crippen LogP contribution in [0.3, 0.4) is 0 Å². The first-order valence-electron chi connectivity index (χ1n) is 7.53. The molecule has 0 bridgehead atoms. The average molecular weight is 391 g/mol. The second kappa shape index (κ2) is 7.62. The summed E-state index contributed by atoms with van der Waals surface area (Å²) in [6, 6.07) is 10.6. The van der Waals surface area contributed by atoms with Crippen LogP contribution in [0.15, 0.2) is 57.7 Å². The van der Waals surface area contributed by atoms with E-state index >= 15 is 0 Å². The minimum absolute atomic E-state index is 0.311. The first kappa shape index (κ1) is 18.6. The average Bonchev–Trinajstić information content (AvgIpc) is 3.09. The van der Waals surface area contributed by atoms with E-state index in [2.05, 4.69) is 36.0 Å². The van der Waals surface area contributed by atoms with E-state index in [9.17, 15) is 13.2 Å². The zero-order chi connectivity index (χ0) is 19.4. The predicted octanol–water partition coefficient (Wildman–Crippen LogP) is 6.16. The maximum absolute atomic E-state index is 12.2. The van der Waals surface area contributed by atoms with Gasteiger partial charge in [0.05, 0.1) is 11.4 Å². The van der Waals surface area contributed by atoms with Crippen molar-refractivity contribution in [3.8, 4) is 17.1 Å². The van der Waals surface area contributed by atoms with Crippen molar-refractivity contribution in [1.29, 1.82) is 0 Å². The number of halogens is 3. The lowest BCUT2D eigenvalue weighted by molar-refractivity contribution is -0.274. The second-order valence-electron chi connectivity index (χ2n) is 5.30. The number of aliphatic imine (C=N–C) groups is 1. The van der Waals surface area contributed by atoms with Gasteiger partial charge in [-0.2, -0.15) is 9.36 Å². The highest BCUT2D eigenvalue weighted by Gasteiger charge is 2.31. The van der Waals surface area contributed by atoms with Crippen LogP contribution in [-0.4, -0.2) is 22.4 Å². The largest absolute Gasteiger partial charge is 0.573 e. The second-order valence-corrected chi connectivity index (χ2v) is 6.03. The highest BCUT2D eigenvalue weighted by atomic mass is 32.1. The van der Waals surface area contributed by atoms with E-state index < -0.39 is 6.36 Å². The van der Waals surface area contributed by atoms with Crippen LogP contribution in [-0.2, 0) is 0 Å². The summed E-state index contributed by atoms with van der Waals surface area (Å²) in [5.74, 6) is 0.0322. The molecule has 0 fully saturated rings. The highest BCUT2D eigenvalue weighted by Crippen LogP contribution is 2.29. The monoisotopic (exact) mass is 391 g/mol. The first-order chi connectivity index (χ1) is 12.8. The van der Waals surface area contributed by atoms with Crippen molar-refractivity contribution < 1.29 is 17.9 Å². The van der Waals surface area contributed by atoms with Gasteiger partial charge in [0.15, 0.2) is 5.82 Å². The van der Waals surface area contributed by atoms with E-state index in [-0.39, 0.29) is 5.75 Å². The summed E-state index contributed by atoms with van der Waals surface area (Å²) in [6.07, 6.45) is -4.73. The third kappa shape index (κ3) is 4.94. The Labute approximate surface area is 156 Å². The van der Waals surface area contributed by atoms with Gasteiger partial charge in [-0.15, -0.1) is 23.4 Å². The van der Waals surface area contributed by atoms with Gasteiger partial charge < -0.3 is 4.74 Å². The molecule has 27 heavy (non-hydrogen) atoms. The number of alkyl halides is 3. The highest BCUT2D eigenvalue weighted by molar-refractivity contribution is 7.09. The minimum Gasteiger partial charge on any atom is -0.406 e. The molecule has 0 N–H and O–H groups in total. The van der Waals surface area contributed by atoms with Crippen LogP contribution < -0.4 is 4.74 Å². The van der Waals surface area contributed by atoms with E-state index in [1.807, 2.05) is 13.0 Å². The topological polar surface area (TPSA) is 72.1 Å². The molecule has 10 heteroatoms. The lowest BCUT2D eigenvalue weighted by Crippen LogP contribution is -2.16. The van der Waals surface area contributed by atoms with Gasteiger partial charge in [0.1, 0.15) is 5.75 Å². The predicted molar refractivity (Wildman–Crippen MR) is 96.6 cm³/mol. The third-order valence-corrected chi connectivity index (χ3v) is 3.97. The van der Waals surface area contributed by atoms with E-state index in [1.54, 1.807) is 12.1 Å². The molecule has 1 heterocycles. The van der Waals surface area contributed by atoms with Crippen molar-refractivity contribution >= 4 is 34.8 Å². The van der Waals surface area contributed by atoms with Crippen molar-refractivity contribution in [3.05, 3.63) is 48.0 Å². The number of aryl methyl sites for hydroxylation is 1. The van der Waals surface area contributed by atoms with E-state index in [0.717, 1.165) is 22.8 Å². The molecule has 3 aromatic rings. The number of ether oxygens (including phenoxy) is 1. The molecule has 0 spiro atoms. The maximum Gasteiger partial charge on any atom is 0.573 e. The van der Waals surface area contributed by atoms with Gasteiger partial charge in [-0.3, -0.25) is 4.99 Å². The number of benzene rings is 2. The van der Waals surface area contributed by atoms with E-state index in [4.69, 9.17) is 0 Å². The molecule has 0 aliphatic rings. The Hall–Kier alpha value is -3.14.